The molecule has 100 valence electrons. The molecule has 0 aliphatic carbocycles. The molecule has 1 amide bonds. The minimum Gasteiger partial charge on any atom is -0.356 e. The SMILES string of the molecule is CCNC(=O)C1CCN(c2ncnc3nc[nH]c23)C1. The topological polar surface area (TPSA) is 86.8 Å². The molecule has 0 saturated carbocycles. The molecule has 2 N–H and O–H groups in total. The van der Waals surface area contributed by atoms with E-state index in [1.807, 2.05) is 6.92 Å². The first-order valence-electron chi connectivity index (χ1n) is 6.46. The predicted molar refractivity (Wildman–Crippen MR) is 70.7 cm³/mol. The van der Waals surface area contributed by atoms with E-state index in [4.69, 9.17) is 0 Å². The average molecular weight is 260 g/mol. The standard InChI is InChI=1S/C12H16N6O/c1-2-13-12(19)8-3-4-18(5-8)11-9-10(15-6-14-9)16-7-17-11/h6-8H,2-5H2,1H3,(H,13,19)(H,14,15,16,17). The lowest BCUT2D eigenvalue weighted by Crippen LogP contribution is -2.32. The summed E-state index contributed by atoms with van der Waals surface area (Å²) >= 11 is 0. The number of imidazole rings is 1. The third kappa shape index (κ3) is 2.11. The van der Waals surface area contributed by atoms with E-state index in [0.29, 0.717) is 18.7 Å². The first-order chi connectivity index (χ1) is 9.29. The maximum absolute atomic E-state index is 11.8. The summed E-state index contributed by atoms with van der Waals surface area (Å²) in [6, 6.07) is 0. The highest BCUT2D eigenvalue weighted by Crippen LogP contribution is 2.26. The van der Waals surface area contributed by atoms with Crippen LogP contribution in [0.4, 0.5) is 5.82 Å². The normalized spacial score (nSPS) is 19.0. The minimum absolute atomic E-state index is 0.0351. The van der Waals surface area contributed by atoms with Crippen LogP contribution in [0.15, 0.2) is 12.7 Å². The van der Waals surface area contributed by atoms with Gasteiger partial charge in [-0.2, -0.15) is 0 Å². The summed E-state index contributed by atoms with van der Waals surface area (Å²) in [6.45, 7) is 4.13. The van der Waals surface area contributed by atoms with Gasteiger partial charge in [-0.05, 0) is 13.3 Å². The summed E-state index contributed by atoms with van der Waals surface area (Å²) in [5.41, 5.74) is 1.49. The van der Waals surface area contributed by atoms with Gasteiger partial charge in [-0.1, -0.05) is 0 Å². The van der Waals surface area contributed by atoms with Crippen LogP contribution < -0.4 is 10.2 Å². The smallest absolute Gasteiger partial charge is 0.224 e. The van der Waals surface area contributed by atoms with Crippen LogP contribution >= 0.6 is 0 Å². The zero-order chi connectivity index (χ0) is 13.2. The number of H-pyrrole nitrogens is 1. The van der Waals surface area contributed by atoms with E-state index in [0.717, 1.165) is 24.3 Å². The third-order valence-electron chi connectivity index (χ3n) is 3.41. The number of carbonyl (C=O) groups excluding carboxylic acids is 1. The van der Waals surface area contributed by atoms with Gasteiger partial charge >= 0.3 is 0 Å². The van der Waals surface area contributed by atoms with Crippen LogP contribution in [0, 0.1) is 5.92 Å². The summed E-state index contributed by atoms with van der Waals surface area (Å²) in [7, 11) is 0. The number of aromatic amines is 1. The maximum Gasteiger partial charge on any atom is 0.224 e. The Morgan fingerprint density at radius 1 is 1.53 bits per heavy atom. The Morgan fingerprint density at radius 3 is 3.26 bits per heavy atom. The Morgan fingerprint density at radius 2 is 2.42 bits per heavy atom. The lowest BCUT2D eigenvalue weighted by molar-refractivity contribution is -0.124. The second-order valence-corrected chi connectivity index (χ2v) is 4.62. The highest BCUT2D eigenvalue weighted by Gasteiger charge is 2.29. The Bertz CT molecular complexity index is 595. The molecule has 2 aromatic heterocycles. The van der Waals surface area contributed by atoms with Crippen molar-refractivity contribution < 1.29 is 4.79 Å². The number of aromatic nitrogens is 4. The Hall–Kier alpha value is -2.18. The molecule has 0 spiro atoms. The first kappa shape index (κ1) is 11.9. The summed E-state index contributed by atoms with van der Waals surface area (Å²) in [4.78, 5) is 29.5. The van der Waals surface area contributed by atoms with E-state index >= 15 is 0 Å². The summed E-state index contributed by atoms with van der Waals surface area (Å²) in [5.74, 6) is 0.988. The molecule has 1 unspecified atom stereocenters. The molecule has 1 aliphatic heterocycles. The molecule has 7 heteroatoms. The number of amides is 1. The van der Waals surface area contributed by atoms with E-state index in [-0.39, 0.29) is 11.8 Å². The molecule has 3 rings (SSSR count). The fourth-order valence-electron chi connectivity index (χ4n) is 2.48. The molecule has 1 aliphatic rings. The molecule has 3 heterocycles. The van der Waals surface area contributed by atoms with Crippen molar-refractivity contribution in [2.45, 2.75) is 13.3 Å². The highest BCUT2D eigenvalue weighted by atomic mass is 16.1. The molecule has 1 fully saturated rings. The van der Waals surface area contributed by atoms with Crippen molar-refractivity contribution in [3.8, 4) is 0 Å². The van der Waals surface area contributed by atoms with Crippen LogP contribution in [-0.2, 0) is 4.79 Å². The highest BCUT2D eigenvalue weighted by molar-refractivity contribution is 5.84. The van der Waals surface area contributed by atoms with Gasteiger partial charge in [0.05, 0.1) is 12.2 Å². The Labute approximate surface area is 110 Å². The molecule has 19 heavy (non-hydrogen) atoms. The minimum atomic E-state index is 0.0351. The number of anilines is 1. The summed E-state index contributed by atoms with van der Waals surface area (Å²) < 4.78 is 0. The third-order valence-corrected chi connectivity index (χ3v) is 3.41. The molecule has 7 nitrogen and oxygen atoms in total. The van der Waals surface area contributed by atoms with E-state index < -0.39 is 0 Å². The summed E-state index contributed by atoms with van der Waals surface area (Å²) in [6.07, 6.45) is 3.98. The van der Waals surface area contributed by atoms with Crippen molar-refractivity contribution in [2.24, 2.45) is 5.92 Å². The lowest BCUT2D eigenvalue weighted by atomic mass is 10.1. The van der Waals surface area contributed by atoms with Crippen molar-refractivity contribution in [1.29, 1.82) is 0 Å². The van der Waals surface area contributed by atoms with Gasteiger partial charge in [0.2, 0.25) is 5.91 Å². The Balaban J connectivity index is 1.81. The second kappa shape index (κ2) is 4.83. The number of hydrogen-bond donors (Lipinski definition) is 2. The van der Waals surface area contributed by atoms with Crippen LogP contribution in [-0.4, -0.2) is 45.5 Å². The van der Waals surface area contributed by atoms with Crippen LogP contribution in [0.2, 0.25) is 0 Å². The molecule has 1 atom stereocenters. The van der Waals surface area contributed by atoms with E-state index in [1.165, 1.54) is 6.33 Å². The first-order valence-corrected chi connectivity index (χ1v) is 6.46. The van der Waals surface area contributed by atoms with Gasteiger partial charge in [0.15, 0.2) is 11.5 Å². The average Bonchev–Trinajstić information content (AvgIpc) is 3.07. The zero-order valence-corrected chi connectivity index (χ0v) is 10.8. The van der Waals surface area contributed by atoms with E-state index in [2.05, 4.69) is 30.2 Å². The lowest BCUT2D eigenvalue weighted by Gasteiger charge is -2.17. The van der Waals surface area contributed by atoms with Gasteiger partial charge in [0.1, 0.15) is 11.8 Å². The molecule has 0 aromatic carbocycles. The summed E-state index contributed by atoms with van der Waals surface area (Å²) in [5, 5.41) is 2.87. The number of carbonyl (C=O) groups is 1. The van der Waals surface area contributed by atoms with E-state index in [1.54, 1.807) is 6.33 Å². The molecule has 1 saturated heterocycles. The largest absolute Gasteiger partial charge is 0.356 e. The van der Waals surface area contributed by atoms with Gasteiger partial charge in [-0.3, -0.25) is 4.79 Å². The van der Waals surface area contributed by atoms with Crippen molar-refractivity contribution in [3.05, 3.63) is 12.7 Å². The number of fused-ring (bicyclic) bond motifs is 1. The van der Waals surface area contributed by atoms with Crippen LogP contribution in [0.1, 0.15) is 13.3 Å². The van der Waals surface area contributed by atoms with Gasteiger partial charge in [0, 0.05) is 19.6 Å². The molecule has 0 radical (unpaired) electrons. The molecule has 0 bridgehead atoms. The fourth-order valence-corrected chi connectivity index (χ4v) is 2.48. The fraction of sp³-hybridized carbons (Fsp3) is 0.500. The quantitative estimate of drug-likeness (QED) is 0.829. The molecule has 2 aromatic rings. The van der Waals surface area contributed by atoms with Gasteiger partial charge in [-0.15, -0.1) is 0 Å². The van der Waals surface area contributed by atoms with E-state index in [9.17, 15) is 4.79 Å². The van der Waals surface area contributed by atoms with Crippen molar-refractivity contribution in [1.82, 2.24) is 25.3 Å². The molecular formula is C12H16N6O. The number of nitrogens with zero attached hydrogens (tertiary/aromatic N) is 4. The maximum atomic E-state index is 11.8. The number of hydrogen-bond acceptors (Lipinski definition) is 5. The van der Waals surface area contributed by atoms with Crippen molar-refractivity contribution >= 4 is 22.9 Å². The van der Waals surface area contributed by atoms with Crippen molar-refractivity contribution in [3.63, 3.8) is 0 Å². The van der Waals surface area contributed by atoms with Crippen LogP contribution in [0.3, 0.4) is 0 Å². The van der Waals surface area contributed by atoms with Gasteiger partial charge in [-0.25, -0.2) is 15.0 Å². The van der Waals surface area contributed by atoms with Crippen molar-refractivity contribution in [2.75, 3.05) is 24.5 Å². The van der Waals surface area contributed by atoms with Crippen LogP contribution in [0.25, 0.3) is 11.2 Å². The number of rotatable bonds is 3. The molecular weight excluding hydrogens is 244 g/mol. The monoisotopic (exact) mass is 260 g/mol. The van der Waals surface area contributed by atoms with Gasteiger partial charge < -0.3 is 15.2 Å². The second-order valence-electron chi connectivity index (χ2n) is 4.62. The predicted octanol–water partition coefficient (Wildman–Crippen LogP) is 0.315. The zero-order valence-electron chi connectivity index (χ0n) is 10.8. The van der Waals surface area contributed by atoms with Gasteiger partial charge in [0.25, 0.3) is 0 Å². The number of nitrogens with one attached hydrogen (secondary N) is 2. The van der Waals surface area contributed by atoms with Crippen LogP contribution in [0.5, 0.6) is 0 Å². The Kier molecular flexibility index (Phi) is 3.02.